The molecule has 124 valence electrons. The quantitative estimate of drug-likeness (QED) is 0.849. The predicted octanol–water partition coefficient (Wildman–Crippen LogP) is 2.79. The number of likely N-dealkylation sites (tertiary alicyclic amines) is 1. The van der Waals surface area contributed by atoms with Gasteiger partial charge in [0.25, 0.3) is 0 Å². The van der Waals surface area contributed by atoms with Crippen LogP contribution in [0.1, 0.15) is 58.8 Å². The maximum absolute atomic E-state index is 13.5. The van der Waals surface area contributed by atoms with Gasteiger partial charge in [0.2, 0.25) is 5.91 Å². The number of halogens is 1. The number of carbonyl (C=O) groups is 1. The fourth-order valence-corrected chi connectivity index (χ4v) is 3.94. The molecule has 1 amide bonds. The molecular weight excluding hydrogens is 281 g/mol. The topological polar surface area (TPSA) is 56.1 Å². The maximum atomic E-state index is 13.5. The molecule has 0 aromatic carbocycles. The molecule has 0 radical (unpaired) electrons. The first kappa shape index (κ1) is 17.2. The van der Waals surface area contributed by atoms with Crippen molar-refractivity contribution in [3.8, 4) is 6.07 Å². The molecule has 1 heterocycles. The highest BCUT2D eigenvalue weighted by Crippen LogP contribution is 2.29. The van der Waals surface area contributed by atoms with Gasteiger partial charge in [-0.2, -0.15) is 5.26 Å². The first-order chi connectivity index (χ1) is 10.6. The molecular formula is C17H28FN3O. The van der Waals surface area contributed by atoms with Gasteiger partial charge in [-0.05, 0) is 32.1 Å². The average molecular weight is 309 g/mol. The summed E-state index contributed by atoms with van der Waals surface area (Å²) in [5, 5.41) is 12.6. The second kappa shape index (κ2) is 7.92. The summed E-state index contributed by atoms with van der Waals surface area (Å²) >= 11 is 0. The first-order valence-electron chi connectivity index (χ1n) is 8.67. The third kappa shape index (κ3) is 3.98. The van der Waals surface area contributed by atoms with Crippen molar-refractivity contribution < 1.29 is 9.18 Å². The van der Waals surface area contributed by atoms with Crippen molar-refractivity contribution in [1.29, 1.82) is 5.26 Å². The van der Waals surface area contributed by atoms with Gasteiger partial charge in [0.15, 0.2) is 0 Å². The molecule has 3 unspecified atom stereocenters. The van der Waals surface area contributed by atoms with E-state index in [1.165, 1.54) is 30.6 Å². The lowest BCUT2D eigenvalue weighted by atomic mass is 9.81. The van der Waals surface area contributed by atoms with Gasteiger partial charge in [-0.1, -0.05) is 26.2 Å². The number of hydrogen-bond donors (Lipinski definition) is 1. The lowest BCUT2D eigenvalue weighted by molar-refractivity contribution is -0.133. The molecule has 0 aromatic rings. The van der Waals surface area contributed by atoms with Gasteiger partial charge in [0.05, 0.1) is 18.7 Å². The maximum Gasteiger partial charge on any atom is 0.240 e. The van der Waals surface area contributed by atoms with Crippen LogP contribution in [0.5, 0.6) is 0 Å². The standard InChI is InChI=1S/C17H28FN3O/c1-3-6-13-7-4-5-8-16(13)20-12(2)17(22)21-11-14(18)9-15(21)10-19/h12-16,20H,3-9,11H2,1-2H3/t12-,13?,14?,15-,16?/m0/s1. The molecule has 2 rings (SSSR count). The van der Waals surface area contributed by atoms with Gasteiger partial charge in [0.1, 0.15) is 12.2 Å². The summed E-state index contributed by atoms with van der Waals surface area (Å²) in [6.45, 7) is 4.11. The van der Waals surface area contributed by atoms with Crippen LogP contribution >= 0.6 is 0 Å². The number of rotatable bonds is 5. The molecule has 1 aliphatic carbocycles. The van der Waals surface area contributed by atoms with E-state index in [2.05, 4.69) is 18.3 Å². The molecule has 0 aromatic heterocycles. The second-order valence-corrected chi connectivity index (χ2v) is 6.80. The Labute approximate surface area is 133 Å². The lowest BCUT2D eigenvalue weighted by Crippen LogP contribution is -2.52. The SMILES string of the molecule is CCCC1CCCCC1N[C@@H](C)C(=O)N1CC(F)C[C@H]1C#N. The molecule has 1 N–H and O–H groups in total. The zero-order valence-electron chi connectivity index (χ0n) is 13.7. The van der Waals surface area contributed by atoms with E-state index in [9.17, 15) is 9.18 Å². The smallest absolute Gasteiger partial charge is 0.240 e. The minimum atomic E-state index is -1.07. The zero-order valence-corrected chi connectivity index (χ0v) is 13.7. The Bertz CT molecular complexity index is 421. The highest BCUT2D eigenvalue weighted by atomic mass is 19.1. The van der Waals surface area contributed by atoms with Crippen molar-refractivity contribution in [1.82, 2.24) is 10.2 Å². The molecule has 22 heavy (non-hydrogen) atoms. The summed E-state index contributed by atoms with van der Waals surface area (Å²) in [6.07, 6.45) is 6.25. The Hall–Kier alpha value is -1.15. The Morgan fingerprint density at radius 2 is 2.18 bits per heavy atom. The number of carbonyl (C=O) groups excluding carboxylic acids is 1. The largest absolute Gasteiger partial charge is 0.322 e. The van der Waals surface area contributed by atoms with Crippen molar-refractivity contribution in [3.05, 3.63) is 0 Å². The Morgan fingerprint density at radius 3 is 2.86 bits per heavy atom. The Balaban J connectivity index is 1.94. The van der Waals surface area contributed by atoms with Gasteiger partial charge < -0.3 is 10.2 Å². The van der Waals surface area contributed by atoms with Crippen molar-refractivity contribution in [3.63, 3.8) is 0 Å². The normalized spacial score (nSPS) is 33.5. The summed E-state index contributed by atoms with van der Waals surface area (Å²) < 4.78 is 13.5. The summed E-state index contributed by atoms with van der Waals surface area (Å²) in [5.74, 6) is 0.501. The number of amides is 1. The molecule has 1 aliphatic heterocycles. The van der Waals surface area contributed by atoms with Gasteiger partial charge in [-0.3, -0.25) is 4.79 Å². The van der Waals surface area contributed by atoms with E-state index in [1.807, 2.05) is 6.92 Å². The molecule has 4 nitrogen and oxygen atoms in total. The second-order valence-electron chi connectivity index (χ2n) is 6.80. The van der Waals surface area contributed by atoms with E-state index in [0.717, 1.165) is 12.8 Å². The summed E-state index contributed by atoms with van der Waals surface area (Å²) in [6, 6.07) is 1.47. The van der Waals surface area contributed by atoms with Crippen molar-refractivity contribution in [2.75, 3.05) is 6.54 Å². The Kier molecular flexibility index (Phi) is 6.19. The van der Waals surface area contributed by atoms with Crippen LogP contribution in [0.25, 0.3) is 0 Å². The highest BCUT2D eigenvalue weighted by Gasteiger charge is 2.38. The summed E-state index contributed by atoms with van der Waals surface area (Å²) in [7, 11) is 0. The molecule has 1 saturated carbocycles. The number of nitriles is 1. The van der Waals surface area contributed by atoms with Gasteiger partial charge in [-0.15, -0.1) is 0 Å². The fourth-order valence-electron chi connectivity index (χ4n) is 3.94. The number of nitrogens with one attached hydrogen (secondary N) is 1. The van der Waals surface area contributed by atoms with Crippen molar-refractivity contribution in [2.24, 2.45) is 5.92 Å². The van der Waals surface area contributed by atoms with Crippen LogP contribution < -0.4 is 5.32 Å². The highest BCUT2D eigenvalue weighted by molar-refractivity contribution is 5.82. The van der Waals surface area contributed by atoms with Gasteiger partial charge in [-0.25, -0.2) is 4.39 Å². The minimum Gasteiger partial charge on any atom is -0.322 e. The molecule has 2 aliphatic rings. The molecule has 1 saturated heterocycles. The third-order valence-corrected chi connectivity index (χ3v) is 5.09. The van der Waals surface area contributed by atoms with Crippen LogP contribution in [0, 0.1) is 17.2 Å². The molecule has 5 atom stereocenters. The number of nitrogens with zero attached hydrogens (tertiary/aromatic N) is 2. The van der Waals surface area contributed by atoms with E-state index in [1.54, 1.807) is 0 Å². The lowest BCUT2D eigenvalue weighted by Gasteiger charge is -2.35. The van der Waals surface area contributed by atoms with E-state index in [0.29, 0.717) is 12.0 Å². The van der Waals surface area contributed by atoms with E-state index < -0.39 is 12.2 Å². The minimum absolute atomic E-state index is 0.0616. The molecule has 2 fully saturated rings. The fraction of sp³-hybridized carbons (Fsp3) is 0.882. The molecule has 0 bridgehead atoms. The summed E-state index contributed by atoms with van der Waals surface area (Å²) in [4.78, 5) is 14.0. The van der Waals surface area contributed by atoms with Crippen molar-refractivity contribution >= 4 is 5.91 Å². The van der Waals surface area contributed by atoms with Crippen LogP contribution in [0.2, 0.25) is 0 Å². The van der Waals surface area contributed by atoms with E-state index in [4.69, 9.17) is 5.26 Å². The first-order valence-corrected chi connectivity index (χ1v) is 8.67. The molecule has 5 heteroatoms. The third-order valence-electron chi connectivity index (χ3n) is 5.09. The van der Waals surface area contributed by atoms with Crippen molar-refractivity contribution in [2.45, 2.75) is 83.1 Å². The van der Waals surface area contributed by atoms with Crippen LogP contribution in [0.4, 0.5) is 4.39 Å². The zero-order chi connectivity index (χ0) is 16.1. The van der Waals surface area contributed by atoms with Crippen LogP contribution in [0.3, 0.4) is 0 Å². The summed E-state index contributed by atoms with van der Waals surface area (Å²) in [5.41, 5.74) is 0. The monoisotopic (exact) mass is 309 g/mol. The van der Waals surface area contributed by atoms with Crippen LogP contribution in [-0.2, 0) is 4.79 Å². The average Bonchev–Trinajstić information content (AvgIpc) is 2.89. The van der Waals surface area contributed by atoms with E-state index >= 15 is 0 Å². The van der Waals surface area contributed by atoms with Gasteiger partial charge in [0, 0.05) is 12.5 Å². The Morgan fingerprint density at radius 1 is 1.45 bits per heavy atom. The van der Waals surface area contributed by atoms with E-state index in [-0.39, 0.29) is 24.9 Å². The predicted molar refractivity (Wildman–Crippen MR) is 83.9 cm³/mol. The van der Waals surface area contributed by atoms with Crippen LogP contribution in [0.15, 0.2) is 0 Å². The van der Waals surface area contributed by atoms with Gasteiger partial charge >= 0.3 is 0 Å². The molecule has 0 spiro atoms. The number of hydrogen-bond acceptors (Lipinski definition) is 3. The number of alkyl halides is 1. The van der Waals surface area contributed by atoms with Crippen LogP contribution in [-0.4, -0.2) is 41.6 Å².